The first-order chi connectivity index (χ1) is 15.9. The highest BCUT2D eigenvalue weighted by Gasteiger charge is 2.35. The van der Waals surface area contributed by atoms with Crippen LogP contribution in [0.5, 0.6) is 11.5 Å². The van der Waals surface area contributed by atoms with Crippen molar-refractivity contribution in [1.29, 1.82) is 0 Å². The Morgan fingerprint density at radius 3 is 2.30 bits per heavy atom. The van der Waals surface area contributed by atoms with Gasteiger partial charge in [-0.2, -0.15) is 0 Å². The lowest BCUT2D eigenvalue weighted by Crippen LogP contribution is -2.31. The van der Waals surface area contributed by atoms with Crippen LogP contribution in [0, 0.1) is 0 Å². The highest BCUT2D eigenvalue weighted by Crippen LogP contribution is 2.36. The van der Waals surface area contributed by atoms with Crippen molar-refractivity contribution in [3.8, 4) is 11.5 Å². The summed E-state index contributed by atoms with van der Waals surface area (Å²) in [7, 11) is 2.92. The summed E-state index contributed by atoms with van der Waals surface area (Å²) in [6, 6.07) is 17.2. The van der Waals surface area contributed by atoms with E-state index in [1.54, 1.807) is 6.07 Å². The summed E-state index contributed by atoms with van der Waals surface area (Å²) >= 11 is 6.11. The number of nitrogens with zero attached hydrogens (tertiary/aromatic N) is 1. The Kier molecular flexibility index (Phi) is 6.33. The molecule has 0 unspecified atom stereocenters. The van der Waals surface area contributed by atoms with Crippen molar-refractivity contribution in [2.75, 3.05) is 26.1 Å². The Bertz CT molecular complexity index is 1240. The molecule has 1 heterocycles. The van der Waals surface area contributed by atoms with E-state index in [2.05, 4.69) is 5.32 Å². The number of halogens is 1. The lowest BCUT2D eigenvalue weighted by molar-refractivity contribution is 0.0656. The number of carbonyl (C=O) groups excluding carboxylic acids is 3. The molecule has 3 aromatic rings. The Morgan fingerprint density at radius 2 is 1.61 bits per heavy atom. The van der Waals surface area contributed by atoms with Gasteiger partial charge in [-0.05, 0) is 30.2 Å². The van der Waals surface area contributed by atoms with Gasteiger partial charge in [0, 0.05) is 24.2 Å². The third-order valence-corrected chi connectivity index (χ3v) is 5.72. The van der Waals surface area contributed by atoms with E-state index in [9.17, 15) is 14.4 Å². The second-order valence-corrected chi connectivity index (χ2v) is 7.81. The first-order valence-corrected chi connectivity index (χ1v) is 10.6. The molecule has 0 saturated carbocycles. The van der Waals surface area contributed by atoms with E-state index >= 15 is 0 Å². The molecule has 0 bridgehead atoms. The minimum atomic E-state index is -0.469. The molecule has 0 saturated heterocycles. The molecular weight excluding hydrogens is 444 g/mol. The molecule has 7 nitrogen and oxygen atoms in total. The summed E-state index contributed by atoms with van der Waals surface area (Å²) in [5, 5.41) is 3.08. The molecule has 0 aromatic heterocycles. The van der Waals surface area contributed by atoms with Crippen LogP contribution in [0.1, 0.15) is 36.6 Å². The number of benzene rings is 3. The number of ether oxygens (including phenoxy) is 2. The summed E-state index contributed by atoms with van der Waals surface area (Å²) in [5.41, 5.74) is 2.12. The monoisotopic (exact) mass is 464 g/mol. The maximum atomic E-state index is 12.9. The van der Waals surface area contributed by atoms with Crippen molar-refractivity contribution in [2.24, 2.45) is 0 Å². The van der Waals surface area contributed by atoms with Crippen LogP contribution in [-0.4, -0.2) is 43.4 Å². The number of hydrogen-bond donors (Lipinski definition) is 1. The van der Waals surface area contributed by atoms with Crippen molar-refractivity contribution in [1.82, 2.24) is 4.90 Å². The Labute approximate surface area is 195 Å². The van der Waals surface area contributed by atoms with E-state index in [-0.39, 0.29) is 29.1 Å². The predicted molar refractivity (Wildman–Crippen MR) is 124 cm³/mol. The topological polar surface area (TPSA) is 84.9 Å². The summed E-state index contributed by atoms with van der Waals surface area (Å²) in [5.74, 6) is -0.512. The van der Waals surface area contributed by atoms with Crippen molar-refractivity contribution in [2.45, 2.75) is 6.42 Å². The molecule has 168 valence electrons. The van der Waals surface area contributed by atoms with Crippen LogP contribution < -0.4 is 14.8 Å². The van der Waals surface area contributed by atoms with Gasteiger partial charge in [-0.3, -0.25) is 19.3 Å². The first-order valence-electron chi connectivity index (χ1n) is 10.2. The second kappa shape index (κ2) is 9.34. The van der Waals surface area contributed by atoms with Crippen LogP contribution in [0.3, 0.4) is 0 Å². The Hall–Kier alpha value is -3.84. The first kappa shape index (κ1) is 22.4. The van der Waals surface area contributed by atoms with Crippen molar-refractivity contribution in [3.05, 3.63) is 87.9 Å². The van der Waals surface area contributed by atoms with Gasteiger partial charge < -0.3 is 14.8 Å². The number of anilines is 1. The SMILES string of the molecule is COc1cc(NC(=O)c2ccc3c(c2)C(=O)N(CCc2ccccc2)C3=O)c(OC)cc1Cl. The number of amides is 3. The fourth-order valence-corrected chi connectivity index (χ4v) is 3.90. The zero-order chi connectivity index (χ0) is 23.5. The van der Waals surface area contributed by atoms with Gasteiger partial charge in [0.05, 0.1) is 36.1 Å². The lowest BCUT2D eigenvalue weighted by atomic mass is 10.1. The minimum Gasteiger partial charge on any atom is -0.495 e. The van der Waals surface area contributed by atoms with Gasteiger partial charge in [0.2, 0.25) is 0 Å². The van der Waals surface area contributed by atoms with Crippen molar-refractivity contribution >= 4 is 35.0 Å². The van der Waals surface area contributed by atoms with Crippen LogP contribution >= 0.6 is 11.6 Å². The van der Waals surface area contributed by atoms with Crippen LogP contribution in [-0.2, 0) is 6.42 Å². The molecule has 3 amide bonds. The van der Waals surface area contributed by atoms with Gasteiger partial charge in [0.25, 0.3) is 17.7 Å². The van der Waals surface area contributed by atoms with Gasteiger partial charge in [-0.25, -0.2) is 0 Å². The molecule has 1 aliphatic heterocycles. The second-order valence-electron chi connectivity index (χ2n) is 7.40. The van der Waals surface area contributed by atoms with Gasteiger partial charge >= 0.3 is 0 Å². The number of imide groups is 1. The molecule has 0 spiro atoms. The number of methoxy groups -OCH3 is 2. The van der Waals surface area contributed by atoms with Crippen LogP contribution in [0.2, 0.25) is 5.02 Å². The molecule has 0 fully saturated rings. The average molecular weight is 465 g/mol. The van der Waals surface area contributed by atoms with E-state index in [0.29, 0.717) is 28.6 Å². The fraction of sp³-hybridized carbons (Fsp3) is 0.160. The van der Waals surface area contributed by atoms with Crippen LogP contribution in [0.25, 0.3) is 0 Å². The van der Waals surface area contributed by atoms with E-state index in [4.69, 9.17) is 21.1 Å². The normalized spacial score (nSPS) is 12.5. The highest BCUT2D eigenvalue weighted by molar-refractivity contribution is 6.32. The maximum absolute atomic E-state index is 12.9. The van der Waals surface area contributed by atoms with Crippen LogP contribution in [0.4, 0.5) is 5.69 Å². The zero-order valence-electron chi connectivity index (χ0n) is 18.1. The maximum Gasteiger partial charge on any atom is 0.261 e. The molecule has 0 aliphatic carbocycles. The fourth-order valence-electron chi connectivity index (χ4n) is 3.67. The average Bonchev–Trinajstić information content (AvgIpc) is 3.08. The molecule has 0 atom stereocenters. The summed E-state index contributed by atoms with van der Waals surface area (Å²) < 4.78 is 10.5. The van der Waals surface area contributed by atoms with Crippen LogP contribution in [0.15, 0.2) is 60.7 Å². The Balaban J connectivity index is 1.54. The lowest BCUT2D eigenvalue weighted by Gasteiger charge is -2.13. The summed E-state index contributed by atoms with van der Waals surface area (Å²) in [6.45, 7) is 0.264. The van der Waals surface area contributed by atoms with E-state index in [1.165, 1.54) is 43.4 Å². The zero-order valence-corrected chi connectivity index (χ0v) is 18.8. The standard InChI is InChI=1S/C25H21ClN2O5/c1-32-21-14-20(22(33-2)13-19(21)26)27-23(29)16-8-9-17-18(12-16)25(31)28(24(17)30)11-10-15-6-4-3-5-7-15/h3-9,12-14H,10-11H2,1-2H3,(H,27,29). The molecule has 33 heavy (non-hydrogen) atoms. The highest BCUT2D eigenvalue weighted by atomic mass is 35.5. The number of nitrogens with one attached hydrogen (secondary N) is 1. The minimum absolute atomic E-state index is 0.210. The molecule has 3 aromatic carbocycles. The van der Waals surface area contributed by atoms with E-state index < -0.39 is 11.8 Å². The van der Waals surface area contributed by atoms with Gasteiger partial charge in [-0.1, -0.05) is 41.9 Å². The van der Waals surface area contributed by atoms with Gasteiger partial charge in [-0.15, -0.1) is 0 Å². The number of rotatable bonds is 7. The smallest absolute Gasteiger partial charge is 0.261 e. The summed E-state index contributed by atoms with van der Waals surface area (Å²) in [4.78, 5) is 39.8. The number of hydrogen-bond acceptors (Lipinski definition) is 5. The molecule has 1 aliphatic rings. The third-order valence-electron chi connectivity index (χ3n) is 5.42. The predicted octanol–water partition coefficient (Wildman–Crippen LogP) is 4.45. The molecule has 8 heteroatoms. The molecule has 0 radical (unpaired) electrons. The molecule has 4 rings (SSSR count). The van der Waals surface area contributed by atoms with E-state index in [0.717, 1.165) is 5.56 Å². The largest absolute Gasteiger partial charge is 0.495 e. The van der Waals surface area contributed by atoms with Gasteiger partial charge in [0.1, 0.15) is 11.5 Å². The Morgan fingerprint density at radius 1 is 0.909 bits per heavy atom. The number of carbonyl (C=O) groups is 3. The molecular formula is C25H21ClN2O5. The van der Waals surface area contributed by atoms with Crippen molar-refractivity contribution < 1.29 is 23.9 Å². The summed E-state index contributed by atoms with van der Waals surface area (Å²) in [6.07, 6.45) is 0.553. The number of fused-ring (bicyclic) bond motifs is 1. The van der Waals surface area contributed by atoms with Crippen molar-refractivity contribution in [3.63, 3.8) is 0 Å². The van der Waals surface area contributed by atoms with E-state index in [1.807, 2.05) is 30.3 Å². The quantitative estimate of drug-likeness (QED) is 0.522. The third kappa shape index (κ3) is 4.40. The molecule has 1 N–H and O–H groups in total. The van der Waals surface area contributed by atoms with Gasteiger partial charge in [0.15, 0.2) is 0 Å².